The summed E-state index contributed by atoms with van der Waals surface area (Å²) in [5.74, 6) is 0.553. The van der Waals surface area contributed by atoms with Crippen molar-refractivity contribution in [3.63, 3.8) is 0 Å². The molecule has 0 aliphatic heterocycles. The van der Waals surface area contributed by atoms with Crippen LogP contribution in [0.4, 0.5) is 30.6 Å². The number of aromatic nitrogens is 3. The Balaban J connectivity index is 1.95. The molecular formula is C18H15ClF3N5O. The van der Waals surface area contributed by atoms with Gasteiger partial charge in [0.2, 0.25) is 5.95 Å². The number of halogens is 4. The standard InChI is InChI=1S/C18H15ClF3N5O/c19-13-8-12(18(20,21)22)3-4-14(13)25-16-9-15(11-2-1-5-23-10-11)26-17(27-16)24-6-7-28/h1-5,8-10,28H,6-7H2,(H2,24,25,26,27). The molecule has 0 bridgehead atoms. The van der Waals surface area contributed by atoms with Gasteiger partial charge in [0, 0.05) is 30.6 Å². The Morgan fingerprint density at radius 2 is 1.93 bits per heavy atom. The Labute approximate surface area is 163 Å². The molecule has 0 amide bonds. The van der Waals surface area contributed by atoms with Gasteiger partial charge in [-0.3, -0.25) is 4.98 Å². The lowest BCUT2D eigenvalue weighted by Crippen LogP contribution is -2.10. The first kappa shape index (κ1) is 19.8. The van der Waals surface area contributed by atoms with Gasteiger partial charge in [0.15, 0.2) is 0 Å². The molecule has 3 aromatic rings. The molecular weight excluding hydrogens is 395 g/mol. The maximum Gasteiger partial charge on any atom is 0.416 e. The van der Waals surface area contributed by atoms with Crippen molar-refractivity contribution in [1.82, 2.24) is 15.0 Å². The van der Waals surface area contributed by atoms with Gasteiger partial charge in [0.25, 0.3) is 0 Å². The Morgan fingerprint density at radius 1 is 1.11 bits per heavy atom. The van der Waals surface area contributed by atoms with Gasteiger partial charge in [-0.2, -0.15) is 18.2 Å². The molecule has 0 aliphatic rings. The van der Waals surface area contributed by atoms with Gasteiger partial charge in [-0.1, -0.05) is 11.6 Å². The number of hydrogen-bond acceptors (Lipinski definition) is 6. The largest absolute Gasteiger partial charge is 0.416 e. The molecule has 0 spiro atoms. The smallest absolute Gasteiger partial charge is 0.395 e. The molecule has 1 aromatic carbocycles. The number of aliphatic hydroxyl groups is 1. The molecule has 0 unspecified atom stereocenters. The van der Waals surface area contributed by atoms with Crippen molar-refractivity contribution in [2.75, 3.05) is 23.8 Å². The summed E-state index contributed by atoms with van der Waals surface area (Å²) in [6, 6.07) is 8.19. The number of pyridine rings is 1. The third-order valence-electron chi connectivity index (χ3n) is 3.64. The van der Waals surface area contributed by atoms with Crippen LogP contribution in [0.1, 0.15) is 5.56 Å². The number of alkyl halides is 3. The van der Waals surface area contributed by atoms with Crippen molar-refractivity contribution in [2.24, 2.45) is 0 Å². The van der Waals surface area contributed by atoms with Gasteiger partial charge in [0.05, 0.1) is 28.6 Å². The third kappa shape index (κ3) is 4.87. The minimum atomic E-state index is -4.48. The zero-order valence-corrected chi connectivity index (χ0v) is 15.1. The van der Waals surface area contributed by atoms with E-state index in [-0.39, 0.29) is 29.8 Å². The average molecular weight is 410 g/mol. The highest BCUT2D eigenvalue weighted by atomic mass is 35.5. The summed E-state index contributed by atoms with van der Waals surface area (Å²) in [6.07, 6.45) is -1.24. The van der Waals surface area contributed by atoms with Gasteiger partial charge in [0.1, 0.15) is 5.82 Å². The van der Waals surface area contributed by atoms with Crippen LogP contribution in [0.2, 0.25) is 5.02 Å². The lowest BCUT2D eigenvalue weighted by molar-refractivity contribution is -0.137. The molecule has 28 heavy (non-hydrogen) atoms. The molecule has 0 atom stereocenters. The van der Waals surface area contributed by atoms with Crippen LogP contribution < -0.4 is 10.6 Å². The molecule has 0 saturated carbocycles. The lowest BCUT2D eigenvalue weighted by atomic mass is 10.2. The summed E-state index contributed by atoms with van der Waals surface area (Å²) in [5, 5.41) is 14.7. The van der Waals surface area contributed by atoms with Gasteiger partial charge in [-0.05, 0) is 30.3 Å². The maximum atomic E-state index is 12.8. The predicted molar refractivity (Wildman–Crippen MR) is 101 cm³/mol. The number of rotatable bonds is 6. The second-order valence-electron chi connectivity index (χ2n) is 5.67. The maximum absolute atomic E-state index is 12.8. The molecule has 10 heteroatoms. The highest BCUT2D eigenvalue weighted by molar-refractivity contribution is 6.33. The van der Waals surface area contributed by atoms with E-state index in [1.54, 1.807) is 30.6 Å². The Morgan fingerprint density at radius 3 is 2.57 bits per heavy atom. The topological polar surface area (TPSA) is 83.0 Å². The minimum absolute atomic E-state index is 0.0961. The van der Waals surface area contributed by atoms with Gasteiger partial charge < -0.3 is 15.7 Å². The Hall–Kier alpha value is -2.91. The molecule has 3 N–H and O–H groups in total. The van der Waals surface area contributed by atoms with Crippen LogP contribution in [-0.4, -0.2) is 33.2 Å². The molecule has 3 rings (SSSR count). The fraction of sp³-hybridized carbons (Fsp3) is 0.167. The number of aliphatic hydroxyl groups excluding tert-OH is 1. The van der Waals surface area contributed by atoms with Crippen molar-refractivity contribution in [2.45, 2.75) is 6.18 Å². The van der Waals surface area contributed by atoms with E-state index in [4.69, 9.17) is 16.7 Å². The van der Waals surface area contributed by atoms with Crippen molar-refractivity contribution in [3.8, 4) is 11.3 Å². The second-order valence-corrected chi connectivity index (χ2v) is 6.08. The SMILES string of the molecule is OCCNc1nc(Nc2ccc(C(F)(F)F)cc2Cl)cc(-c2cccnc2)n1. The van der Waals surface area contributed by atoms with E-state index in [0.717, 1.165) is 17.7 Å². The highest BCUT2D eigenvalue weighted by Gasteiger charge is 2.30. The number of anilines is 3. The van der Waals surface area contributed by atoms with E-state index in [9.17, 15) is 13.2 Å². The summed E-state index contributed by atoms with van der Waals surface area (Å²) in [6.45, 7) is 0.116. The van der Waals surface area contributed by atoms with E-state index >= 15 is 0 Å². The van der Waals surface area contributed by atoms with E-state index in [1.807, 2.05) is 0 Å². The summed E-state index contributed by atoms with van der Waals surface area (Å²) < 4.78 is 38.4. The number of hydrogen-bond donors (Lipinski definition) is 3. The molecule has 6 nitrogen and oxygen atoms in total. The van der Waals surface area contributed by atoms with Crippen LogP contribution in [0.5, 0.6) is 0 Å². The van der Waals surface area contributed by atoms with Crippen molar-refractivity contribution in [3.05, 3.63) is 59.4 Å². The summed E-state index contributed by atoms with van der Waals surface area (Å²) >= 11 is 6.00. The van der Waals surface area contributed by atoms with E-state index in [2.05, 4.69) is 25.6 Å². The fourth-order valence-corrected chi connectivity index (χ4v) is 2.58. The molecule has 0 radical (unpaired) electrons. The first-order valence-electron chi connectivity index (χ1n) is 8.15. The van der Waals surface area contributed by atoms with Crippen LogP contribution in [0.15, 0.2) is 48.8 Å². The van der Waals surface area contributed by atoms with Crippen molar-refractivity contribution < 1.29 is 18.3 Å². The highest BCUT2D eigenvalue weighted by Crippen LogP contribution is 2.35. The van der Waals surface area contributed by atoms with E-state index in [1.165, 1.54) is 6.07 Å². The number of nitrogens with zero attached hydrogens (tertiary/aromatic N) is 3. The van der Waals surface area contributed by atoms with Gasteiger partial charge in [-0.15, -0.1) is 0 Å². The monoisotopic (exact) mass is 409 g/mol. The normalized spacial score (nSPS) is 11.3. The molecule has 2 aromatic heterocycles. The van der Waals surface area contributed by atoms with Crippen LogP contribution >= 0.6 is 11.6 Å². The lowest BCUT2D eigenvalue weighted by Gasteiger charge is -2.13. The summed E-state index contributed by atoms with van der Waals surface area (Å²) in [7, 11) is 0. The molecule has 0 fully saturated rings. The van der Waals surface area contributed by atoms with Crippen LogP contribution in [0.3, 0.4) is 0 Å². The quantitative estimate of drug-likeness (QED) is 0.561. The Bertz CT molecular complexity index is 954. The predicted octanol–water partition coefficient (Wildman–Crippen LogP) is 4.36. The van der Waals surface area contributed by atoms with Gasteiger partial charge in [-0.25, -0.2) is 4.98 Å². The van der Waals surface area contributed by atoms with Crippen molar-refractivity contribution >= 4 is 29.1 Å². The zero-order chi connectivity index (χ0) is 20.1. The fourth-order valence-electron chi connectivity index (χ4n) is 2.35. The van der Waals surface area contributed by atoms with Crippen LogP contribution in [0, 0.1) is 0 Å². The Kier molecular flexibility index (Phi) is 5.96. The zero-order valence-electron chi connectivity index (χ0n) is 14.3. The van der Waals surface area contributed by atoms with Crippen LogP contribution in [0.25, 0.3) is 11.3 Å². The number of benzene rings is 1. The summed E-state index contributed by atoms with van der Waals surface area (Å²) in [4.78, 5) is 12.7. The minimum Gasteiger partial charge on any atom is -0.395 e. The second kappa shape index (κ2) is 8.41. The molecule has 0 saturated heterocycles. The first-order chi connectivity index (χ1) is 13.4. The first-order valence-corrected chi connectivity index (χ1v) is 8.52. The van der Waals surface area contributed by atoms with E-state index < -0.39 is 11.7 Å². The molecule has 2 heterocycles. The van der Waals surface area contributed by atoms with E-state index in [0.29, 0.717) is 11.5 Å². The van der Waals surface area contributed by atoms with Crippen molar-refractivity contribution in [1.29, 1.82) is 0 Å². The molecule has 0 aliphatic carbocycles. The average Bonchev–Trinajstić information content (AvgIpc) is 2.67. The number of nitrogens with one attached hydrogen (secondary N) is 2. The third-order valence-corrected chi connectivity index (χ3v) is 3.95. The van der Waals surface area contributed by atoms with Gasteiger partial charge >= 0.3 is 6.18 Å². The summed E-state index contributed by atoms with van der Waals surface area (Å²) in [5.41, 5.74) is 0.679. The molecule has 146 valence electrons. The van der Waals surface area contributed by atoms with Crippen LogP contribution in [-0.2, 0) is 6.18 Å².